The Morgan fingerprint density at radius 2 is 1.88 bits per heavy atom. The normalized spacial score (nSPS) is 10.5. The lowest BCUT2D eigenvalue weighted by Gasteiger charge is -2.08. The quantitative estimate of drug-likeness (QED) is 0.454. The minimum absolute atomic E-state index is 0.915. The van der Waals surface area contributed by atoms with E-state index in [1.807, 2.05) is 0 Å². The fourth-order valence-corrected chi connectivity index (χ4v) is 1.64. The lowest BCUT2D eigenvalue weighted by atomic mass is 10.2. The van der Waals surface area contributed by atoms with Crippen LogP contribution in [-0.2, 0) is 0 Å². The van der Waals surface area contributed by atoms with Gasteiger partial charge in [-0.1, -0.05) is 19.1 Å². The second-order valence-electron chi connectivity index (χ2n) is 4.33. The zero-order chi connectivity index (χ0) is 12.3. The second-order valence-corrected chi connectivity index (χ2v) is 4.33. The summed E-state index contributed by atoms with van der Waals surface area (Å²) in [5, 5.41) is 10.1. The molecule has 0 saturated carbocycles. The lowest BCUT2D eigenvalue weighted by Crippen LogP contribution is -2.30. The molecule has 1 aromatic carbocycles. The van der Waals surface area contributed by atoms with Gasteiger partial charge in [-0.2, -0.15) is 0 Å². The maximum atomic E-state index is 3.43. The Hall–Kier alpha value is -1.06. The Kier molecular flexibility index (Phi) is 7.43. The molecule has 0 saturated heterocycles. The molecule has 0 spiro atoms. The number of anilines is 1. The first-order chi connectivity index (χ1) is 8.33. The van der Waals surface area contributed by atoms with E-state index < -0.39 is 0 Å². The third kappa shape index (κ3) is 6.97. The van der Waals surface area contributed by atoms with Gasteiger partial charge in [-0.25, -0.2) is 0 Å². The summed E-state index contributed by atoms with van der Waals surface area (Å²) in [6, 6.07) is 8.50. The van der Waals surface area contributed by atoms with Crippen LogP contribution in [-0.4, -0.2) is 26.3 Å². The van der Waals surface area contributed by atoms with Crippen LogP contribution in [0.2, 0.25) is 0 Å². The molecule has 96 valence electrons. The van der Waals surface area contributed by atoms with Crippen LogP contribution in [0.25, 0.3) is 0 Å². The van der Waals surface area contributed by atoms with Crippen LogP contribution in [0.1, 0.15) is 25.3 Å². The highest BCUT2D eigenvalue weighted by molar-refractivity contribution is 5.45. The zero-order valence-corrected chi connectivity index (χ0v) is 11.1. The molecule has 0 atom stereocenters. The maximum absolute atomic E-state index is 3.43. The van der Waals surface area contributed by atoms with Gasteiger partial charge in [0.2, 0.25) is 0 Å². The number of rotatable bonds is 9. The van der Waals surface area contributed by atoms with Crippen LogP contribution in [0, 0.1) is 6.92 Å². The van der Waals surface area contributed by atoms with Crippen molar-refractivity contribution in [3.63, 3.8) is 0 Å². The molecule has 1 rings (SSSR count). The van der Waals surface area contributed by atoms with Crippen LogP contribution in [0.15, 0.2) is 24.3 Å². The molecule has 0 aromatic heterocycles. The number of aryl methyl sites for hydroxylation is 1. The van der Waals surface area contributed by atoms with Crippen molar-refractivity contribution in [2.45, 2.75) is 26.7 Å². The molecule has 0 unspecified atom stereocenters. The van der Waals surface area contributed by atoms with Crippen molar-refractivity contribution in [2.24, 2.45) is 0 Å². The molecule has 0 aliphatic carbocycles. The molecule has 0 amide bonds. The first kappa shape index (κ1) is 14.0. The molecular formula is C14H25N3. The molecule has 17 heavy (non-hydrogen) atoms. The van der Waals surface area contributed by atoms with Gasteiger partial charge in [-0.3, -0.25) is 0 Å². The average Bonchev–Trinajstić information content (AvgIpc) is 2.33. The van der Waals surface area contributed by atoms with Crippen LogP contribution < -0.4 is 16.0 Å². The summed E-state index contributed by atoms with van der Waals surface area (Å²) in [6.45, 7) is 8.37. The molecule has 0 aliphatic heterocycles. The van der Waals surface area contributed by atoms with Crippen molar-refractivity contribution in [2.75, 3.05) is 31.6 Å². The molecule has 0 radical (unpaired) electrons. The van der Waals surface area contributed by atoms with Gasteiger partial charge in [0.25, 0.3) is 0 Å². The van der Waals surface area contributed by atoms with Crippen molar-refractivity contribution in [1.29, 1.82) is 0 Å². The highest BCUT2D eigenvalue weighted by atomic mass is 15.0. The largest absolute Gasteiger partial charge is 0.385 e. The van der Waals surface area contributed by atoms with Crippen LogP contribution >= 0.6 is 0 Å². The Labute approximate surface area is 105 Å². The SMILES string of the molecule is CCCNCNCCCNc1cccc(C)c1. The van der Waals surface area contributed by atoms with Gasteiger partial charge in [0.05, 0.1) is 0 Å². The van der Waals surface area contributed by atoms with Crippen LogP contribution in [0.5, 0.6) is 0 Å². The first-order valence-corrected chi connectivity index (χ1v) is 6.55. The summed E-state index contributed by atoms with van der Waals surface area (Å²) >= 11 is 0. The van der Waals surface area contributed by atoms with Crippen LogP contribution in [0.4, 0.5) is 5.69 Å². The average molecular weight is 235 g/mol. The summed E-state index contributed by atoms with van der Waals surface area (Å²) in [5.41, 5.74) is 2.52. The van der Waals surface area contributed by atoms with E-state index in [0.29, 0.717) is 0 Å². The Morgan fingerprint density at radius 3 is 2.65 bits per heavy atom. The molecule has 0 bridgehead atoms. The van der Waals surface area contributed by atoms with E-state index in [9.17, 15) is 0 Å². The van der Waals surface area contributed by atoms with Crippen molar-refractivity contribution < 1.29 is 0 Å². The van der Waals surface area contributed by atoms with E-state index in [4.69, 9.17) is 0 Å². The van der Waals surface area contributed by atoms with E-state index in [0.717, 1.165) is 32.7 Å². The van der Waals surface area contributed by atoms with Gasteiger partial charge in [0, 0.05) is 18.9 Å². The van der Waals surface area contributed by atoms with Crippen molar-refractivity contribution in [1.82, 2.24) is 10.6 Å². The second kappa shape index (κ2) is 9.02. The smallest absolute Gasteiger partial charge is 0.0454 e. The third-order valence-corrected chi connectivity index (χ3v) is 2.55. The maximum Gasteiger partial charge on any atom is 0.0454 e. The van der Waals surface area contributed by atoms with Crippen molar-refractivity contribution in [3.05, 3.63) is 29.8 Å². The van der Waals surface area contributed by atoms with Gasteiger partial charge in [0.15, 0.2) is 0 Å². The Bertz CT molecular complexity index is 299. The molecule has 1 aromatic rings. The fourth-order valence-electron chi connectivity index (χ4n) is 1.64. The van der Waals surface area contributed by atoms with E-state index in [2.05, 4.69) is 54.1 Å². The number of hydrogen-bond donors (Lipinski definition) is 3. The minimum atomic E-state index is 0.915. The summed E-state index contributed by atoms with van der Waals surface area (Å²) in [5.74, 6) is 0. The summed E-state index contributed by atoms with van der Waals surface area (Å²) in [7, 11) is 0. The third-order valence-electron chi connectivity index (χ3n) is 2.55. The fraction of sp³-hybridized carbons (Fsp3) is 0.571. The summed E-state index contributed by atoms with van der Waals surface area (Å²) in [6.07, 6.45) is 2.33. The van der Waals surface area contributed by atoms with E-state index in [-0.39, 0.29) is 0 Å². The minimum Gasteiger partial charge on any atom is -0.385 e. The molecule has 0 fully saturated rings. The molecule has 3 nitrogen and oxygen atoms in total. The van der Waals surface area contributed by atoms with E-state index in [1.165, 1.54) is 17.7 Å². The predicted octanol–water partition coefficient (Wildman–Crippen LogP) is 2.34. The number of nitrogens with one attached hydrogen (secondary N) is 3. The predicted molar refractivity (Wildman–Crippen MR) is 75.4 cm³/mol. The van der Waals surface area contributed by atoms with Crippen molar-refractivity contribution >= 4 is 5.69 Å². The monoisotopic (exact) mass is 235 g/mol. The lowest BCUT2D eigenvalue weighted by molar-refractivity contribution is 0.571. The van der Waals surface area contributed by atoms with Crippen molar-refractivity contribution in [3.8, 4) is 0 Å². The molecule has 3 heteroatoms. The Morgan fingerprint density at radius 1 is 1.06 bits per heavy atom. The Balaban J connectivity index is 1.97. The summed E-state index contributed by atoms with van der Waals surface area (Å²) in [4.78, 5) is 0. The summed E-state index contributed by atoms with van der Waals surface area (Å²) < 4.78 is 0. The standard InChI is InChI=1S/C14H25N3/c1-3-8-15-12-16-9-5-10-17-14-7-4-6-13(2)11-14/h4,6-7,11,15-17H,3,5,8-10,12H2,1-2H3. The highest BCUT2D eigenvalue weighted by Gasteiger charge is 1.92. The first-order valence-electron chi connectivity index (χ1n) is 6.55. The topological polar surface area (TPSA) is 36.1 Å². The van der Waals surface area contributed by atoms with E-state index >= 15 is 0 Å². The molecule has 0 aliphatic rings. The van der Waals surface area contributed by atoms with Gasteiger partial charge < -0.3 is 16.0 Å². The van der Waals surface area contributed by atoms with Gasteiger partial charge >= 0.3 is 0 Å². The molecule has 3 N–H and O–H groups in total. The number of benzene rings is 1. The zero-order valence-electron chi connectivity index (χ0n) is 11.1. The van der Waals surface area contributed by atoms with E-state index in [1.54, 1.807) is 0 Å². The highest BCUT2D eigenvalue weighted by Crippen LogP contribution is 2.08. The number of hydrogen-bond acceptors (Lipinski definition) is 3. The molecular weight excluding hydrogens is 210 g/mol. The van der Waals surface area contributed by atoms with Gasteiger partial charge in [-0.05, 0) is 50.6 Å². The van der Waals surface area contributed by atoms with Gasteiger partial charge in [-0.15, -0.1) is 0 Å². The molecule has 0 heterocycles. The van der Waals surface area contributed by atoms with Gasteiger partial charge in [0.1, 0.15) is 0 Å². The van der Waals surface area contributed by atoms with Crippen LogP contribution in [0.3, 0.4) is 0 Å².